The molecule has 324 valence electrons. The molecule has 2 fully saturated rings. The molecule has 2 aliphatic heterocycles. The molecule has 15 heteroatoms. The maximum atomic E-state index is 12.5. The molecule has 0 unspecified atom stereocenters. The van der Waals surface area contributed by atoms with Gasteiger partial charge in [-0.3, -0.25) is 10.2 Å². The third-order valence-corrected chi connectivity index (χ3v) is 10.5. The zero-order valence-electron chi connectivity index (χ0n) is 36.0. The second-order valence-electron chi connectivity index (χ2n) is 14.7. The van der Waals surface area contributed by atoms with Gasteiger partial charge < -0.3 is 36.1 Å². The fraction of sp³-hybridized carbons (Fsp3) is 0.340. The Kier molecular flexibility index (Phi) is 15.8. The Hall–Kier alpha value is -7.03. The minimum Gasteiger partial charge on any atom is -0.473 e. The molecule has 1 amide bonds. The highest BCUT2D eigenvalue weighted by Crippen LogP contribution is 2.26. The molecule has 0 saturated carbocycles. The van der Waals surface area contributed by atoms with Crippen LogP contribution in [-0.4, -0.2) is 78.9 Å². The minimum atomic E-state index is -0.0158. The van der Waals surface area contributed by atoms with E-state index in [9.17, 15) is 4.79 Å². The van der Waals surface area contributed by atoms with E-state index < -0.39 is 0 Å². The molecule has 0 spiro atoms. The second-order valence-corrected chi connectivity index (χ2v) is 14.7. The number of aryl methyl sites for hydroxylation is 1. The lowest BCUT2D eigenvalue weighted by molar-refractivity contribution is -0.128. The van der Waals surface area contributed by atoms with Crippen molar-refractivity contribution in [2.24, 2.45) is 0 Å². The number of hydrogen-bond acceptors (Lipinski definition) is 13. The van der Waals surface area contributed by atoms with Crippen molar-refractivity contribution in [1.29, 1.82) is 5.41 Å². The molecule has 2 aliphatic rings. The molecule has 62 heavy (non-hydrogen) atoms. The van der Waals surface area contributed by atoms with Gasteiger partial charge in [0.1, 0.15) is 47.7 Å². The number of para-hydroxylation sites is 1. The number of pyridine rings is 1. The molecule has 0 aliphatic carbocycles. The number of piperidine rings is 2. The van der Waals surface area contributed by atoms with Crippen molar-refractivity contribution in [3.63, 3.8) is 0 Å². The number of likely N-dealkylation sites (tertiary alicyclic amines) is 1. The predicted molar refractivity (Wildman–Crippen MR) is 246 cm³/mol. The number of benzene rings is 2. The van der Waals surface area contributed by atoms with E-state index in [0.717, 1.165) is 79.6 Å². The van der Waals surface area contributed by atoms with E-state index in [1.165, 1.54) is 32.0 Å². The van der Waals surface area contributed by atoms with E-state index in [-0.39, 0.29) is 29.9 Å². The predicted octanol–water partition coefficient (Wildman–Crippen LogP) is 8.11. The lowest BCUT2D eigenvalue weighted by Crippen LogP contribution is -2.37. The lowest BCUT2D eigenvalue weighted by Gasteiger charge is -2.28. The topological polar surface area (TPSA) is 199 Å². The van der Waals surface area contributed by atoms with Gasteiger partial charge in [-0.05, 0) is 86.9 Å². The molecule has 0 atom stereocenters. The summed E-state index contributed by atoms with van der Waals surface area (Å²) in [5.41, 5.74) is 16.3. The van der Waals surface area contributed by atoms with Crippen LogP contribution in [0, 0.1) is 5.41 Å². The molecule has 6 heterocycles. The molecule has 4 aromatic heterocycles. The largest absolute Gasteiger partial charge is 0.473 e. The monoisotopic (exact) mass is 838 g/mol. The van der Waals surface area contributed by atoms with Crippen LogP contribution < -0.4 is 31.2 Å². The van der Waals surface area contributed by atoms with Crippen molar-refractivity contribution in [2.45, 2.75) is 72.3 Å². The summed E-state index contributed by atoms with van der Waals surface area (Å²) >= 11 is 0. The highest BCUT2D eigenvalue weighted by molar-refractivity contribution is 6.16. The average Bonchev–Trinajstić information content (AvgIpc) is 3.75. The van der Waals surface area contributed by atoms with Gasteiger partial charge in [0.2, 0.25) is 5.88 Å². The summed E-state index contributed by atoms with van der Waals surface area (Å²) in [6.07, 6.45) is 12.9. The van der Waals surface area contributed by atoms with E-state index in [0.29, 0.717) is 34.9 Å². The third kappa shape index (κ3) is 11.4. The number of nitrogens with two attached hydrogens (primary N) is 2. The van der Waals surface area contributed by atoms with Gasteiger partial charge in [0.15, 0.2) is 5.65 Å². The molecule has 15 nitrogen and oxygen atoms in total. The van der Waals surface area contributed by atoms with Gasteiger partial charge in [0.05, 0.1) is 17.5 Å². The number of anilines is 4. The smallest absolute Gasteiger partial charge is 0.252 e. The van der Waals surface area contributed by atoms with Gasteiger partial charge in [0, 0.05) is 67.8 Å². The Morgan fingerprint density at radius 2 is 1.50 bits per heavy atom. The van der Waals surface area contributed by atoms with Crippen LogP contribution in [0.4, 0.5) is 23.3 Å². The van der Waals surface area contributed by atoms with Gasteiger partial charge in [-0.15, -0.1) is 0 Å². The number of fused-ring (bicyclic) bond motifs is 1. The molecule has 8 rings (SSSR count). The van der Waals surface area contributed by atoms with Crippen LogP contribution >= 0.6 is 0 Å². The van der Waals surface area contributed by atoms with Crippen LogP contribution in [-0.2, 0) is 17.8 Å². The third-order valence-electron chi connectivity index (χ3n) is 10.5. The van der Waals surface area contributed by atoms with Crippen LogP contribution in [0.25, 0.3) is 5.65 Å². The Bertz CT molecular complexity index is 2370. The Labute approximate surface area is 363 Å². The zero-order chi connectivity index (χ0) is 43.8. The Morgan fingerprint density at radius 3 is 2.15 bits per heavy atom. The minimum absolute atomic E-state index is 0.0158. The van der Waals surface area contributed by atoms with Crippen LogP contribution in [0.1, 0.15) is 81.5 Å². The number of carbonyl (C=O) groups is 1. The molecule has 2 saturated heterocycles. The molecule has 0 bridgehead atoms. The van der Waals surface area contributed by atoms with Crippen molar-refractivity contribution in [2.75, 3.05) is 54.5 Å². The van der Waals surface area contributed by atoms with E-state index in [4.69, 9.17) is 31.3 Å². The number of nitrogens with one attached hydrogen (secondary N) is 2. The number of nitrogens with zero attached hydrogens (tertiary/aromatic N) is 8. The fourth-order valence-electron chi connectivity index (χ4n) is 7.12. The maximum Gasteiger partial charge on any atom is 0.252 e. The van der Waals surface area contributed by atoms with Gasteiger partial charge in [-0.25, -0.2) is 19.9 Å². The first-order chi connectivity index (χ1) is 30.3. The molecular formula is C47H58N12O3. The highest BCUT2D eigenvalue weighted by atomic mass is 16.5. The van der Waals surface area contributed by atoms with Gasteiger partial charge in [0.25, 0.3) is 5.91 Å². The summed E-state index contributed by atoms with van der Waals surface area (Å²) in [5, 5.41) is 16.4. The number of nitrogen functional groups attached to an aromatic ring is 2. The van der Waals surface area contributed by atoms with Crippen molar-refractivity contribution < 1.29 is 14.3 Å². The summed E-state index contributed by atoms with van der Waals surface area (Å²) in [4.78, 5) is 33.9. The van der Waals surface area contributed by atoms with Crippen molar-refractivity contribution in [1.82, 2.24) is 34.4 Å². The van der Waals surface area contributed by atoms with Gasteiger partial charge in [-0.2, -0.15) is 9.61 Å². The first-order valence-electron chi connectivity index (χ1n) is 21.5. The Balaban J connectivity index is 0.000000220. The molecule has 2 aromatic carbocycles. The average molecular weight is 839 g/mol. The second kappa shape index (κ2) is 22.0. The summed E-state index contributed by atoms with van der Waals surface area (Å²) in [6, 6.07) is 22.5. The lowest BCUT2D eigenvalue weighted by atomic mass is 10.0. The standard InChI is InChI=1S/C28H37N7O2.C17H15N5O.C2H6/c1-3-23-19-31-35-24(16-25(32-27(23)35)33-12-6-4-7-13-33)29-17-22-10-11-26(30-18-22)37-20-21(2)28(36)34-14-8-5-9-15-34;18-15(14-16(19)21-10-22-17(14)20)11-6-8-13(9-7-11)23-12-4-2-1-3-5-12;1-2/h10-11,16,18-19,29H,2-9,12-15,17,20H2,1H3;1-10,18H,(H4,19,20,21,22);1-2H3. The Morgan fingerprint density at radius 1 is 0.839 bits per heavy atom. The van der Waals surface area contributed by atoms with Crippen molar-refractivity contribution in [3.8, 4) is 17.4 Å². The van der Waals surface area contributed by atoms with Crippen LogP contribution in [0.2, 0.25) is 0 Å². The zero-order valence-corrected chi connectivity index (χ0v) is 36.0. The molecule has 6 N–H and O–H groups in total. The summed E-state index contributed by atoms with van der Waals surface area (Å²) in [7, 11) is 0. The quantitative estimate of drug-likeness (QED) is 0.0645. The number of hydrogen-bond donors (Lipinski definition) is 4. The number of amides is 1. The van der Waals surface area contributed by atoms with Crippen molar-refractivity contribution in [3.05, 3.63) is 126 Å². The number of carbonyl (C=O) groups excluding carboxylic acids is 1. The number of ether oxygens (including phenoxy) is 2. The molecule has 0 radical (unpaired) electrons. The highest BCUT2D eigenvalue weighted by Gasteiger charge is 2.20. The number of rotatable bonds is 13. The van der Waals surface area contributed by atoms with Gasteiger partial charge in [-0.1, -0.05) is 51.6 Å². The van der Waals surface area contributed by atoms with Crippen LogP contribution in [0.5, 0.6) is 17.4 Å². The molecule has 6 aromatic rings. The number of aromatic nitrogens is 6. The van der Waals surface area contributed by atoms with Crippen LogP contribution in [0.3, 0.4) is 0 Å². The summed E-state index contributed by atoms with van der Waals surface area (Å²) in [5.74, 6) is 4.19. The van der Waals surface area contributed by atoms with Crippen LogP contribution in [0.15, 0.2) is 104 Å². The van der Waals surface area contributed by atoms with E-state index in [1.807, 2.05) is 71.9 Å². The first kappa shape index (κ1) is 44.5. The van der Waals surface area contributed by atoms with E-state index in [2.05, 4.69) is 49.8 Å². The fourth-order valence-corrected chi connectivity index (χ4v) is 7.12. The van der Waals surface area contributed by atoms with Crippen molar-refractivity contribution >= 4 is 40.5 Å². The maximum absolute atomic E-state index is 12.5. The summed E-state index contributed by atoms with van der Waals surface area (Å²) in [6.45, 7) is 14.5. The SMILES string of the molecule is C=C(COc1ccc(CNc2cc(N3CCCCC3)nc3c(CC)cnn23)cn1)C(=O)N1CCCCC1.CC.N=C(c1ccc(Oc2ccccc2)cc1)c1c(N)ncnc1N. The van der Waals surface area contributed by atoms with Gasteiger partial charge >= 0.3 is 0 Å². The first-order valence-corrected chi connectivity index (χ1v) is 21.5. The van der Waals surface area contributed by atoms with E-state index in [1.54, 1.807) is 30.5 Å². The summed E-state index contributed by atoms with van der Waals surface area (Å²) < 4.78 is 13.4. The normalized spacial score (nSPS) is 13.5. The van der Waals surface area contributed by atoms with E-state index >= 15 is 0 Å². The molecular weight excluding hydrogens is 781 g/mol.